The van der Waals surface area contributed by atoms with Crippen molar-refractivity contribution in [3.05, 3.63) is 0 Å². The Labute approximate surface area is 92.6 Å². The molecule has 1 unspecified atom stereocenters. The molecule has 1 fully saturated rings. The van der Waals surface area contributed by atoms with E-state index in [0.29, 0.717) is 6.61 Å². The predicted octanol–water partition coefficient (Wildman–Crippen LogP) is 2.25. The molecule has 0 radical (unpaired) electrons. The lowest BCUT2D eigenvalue weighted by molar-refractivity contribution is -0.151. The Balaban J connectivity index is 2.44. The van der Waals surface area contributed by atoms with Crippen molar-refractivity contribution >= 4 is 5.97 Å². The highest BCUT2D eigenvalue weighted by Gasteiger charge is 2.41. The lowest BCUT2D eigenvalue weighted by Gasteiger charge is -2.26. The zero-order valence-electron chi connectivity index (χ0n) is 9.97. The van der Waals surface area contributed by atoms with Crippen LogP contribution in [0.1, 0.15) is 52.4 Å². The summed E-state index contributed by atoms with van der Waals surface area (Å²) in [5, 5.41) is 3.32. The number of esters is 1. The summed E-state index contributed by atoms with van der Waals surface area (Å²) in [5.41, 5.74) is -0.359. The summed E-state index contributed by atoms with van der Waals surface area (Å²) < 4.78 is 5.32. The molecule has 0 bridgehead atoms. The van der Waals surface area contributed by atoms with Crippen LogP contribution in [0.3, 0.4) is 0 Å². The van der Waals surface area contributed by atoms with Gasteiger partial charge >= 0.3 is 5.97 Å². The molecule has 1 rings (SSSR count). The highest BCUT2D eigenvalue weighted by atomic mass is 16.5. The van der Waals surface area contributed by atoms with E-state index in [1.165, 1.54) is 0 Å². The van der Waals surface area contributed by atoms with Crippen LogP contribution >= 0.6 is 0 Å². The van der Waals surface area contributed by atoms with E-state index in [1.807, 2.05) is 0 Å². The second-order valence-corrected chi connectivity index (χ2v) is 4.35. The fourth-order valence-electron chi connectivity index (χ4n) is 2.17. The monoisotopic (exact) mass is 213 g/mol. The van der Waals surface area contributed by atoms with Gasteiger partial charge in [0.05, 0.1) is 6.61 Å². The molecule has 1 aliphatic rings. The molecule has 1 aliphatic heterocycles. The molecule has 1 N–H and O–H groups in total. The largest absolute Gasteiger partial charge is 0.464 e. The fraction of sp³-hybridized carbons (Fsp3) is 0.917. The third-order valence-electron chi connectivity index (χ3n) is 3.04. The molecule has 0 spiro atoms. The molecule has 3 heteroatoms. The van der Waals surface area contributed by atoms with Gasteiger partial charge in [-0.1, -0.05) is 26.7 Å². The first kappa shape index (κ1) is 12.5. The highest BCUT2D eigenvalue weighted by molar-refractivity contribution is 5.81. The van der Waals surface area contributed by atoms with Gasteiger partial charge in [-0.25, -0.2) is 0 Å². The molecule has 1 heterocycles. The summed E-state index contributed by atoms with van der Waals surface area (Å²) in [6.07, 6.45) is 5.98. The Hall–Kier alpha value is -0.570. The first-order valence-corrected chi connectivity index (χ1v) is 6.17. The normalized spacial score (nSPS) is 25.5. The maximum Gasteiger partial charge on any atom is 0.326 e. The molecular formula is C12H23NO2. The van der Waals surface area contributed by atoms with Crippen LogP contribution in [0.25, 0.3) is 0 Å². The molecule has 3 nitrogen and oxygen atoms in total. The van der Waals surface area contributed by atoms with Gasteiger partial charge in [0, 0.05) is 0 Å². The van der Waals surface area contributed by atoms with E-state index >= 15 is 0 Å². The second-order valence-electron chi connectivity index (χ2n) is 4.35. The van der Waals surface area contributed by atoms with Gasteiger partial charge in [-0.3, -0.25) is 4.79 Å². The average molecular weight is 213 g/mol. The van der Waals surface area contributed by atoms with Crippen LogP contribution in [0.2, 0.25) is 0 Å². The number of nitrogens with one attached hydrogen (secondary N) is 1. The number of ether oxygens (including phenoxy) is 1. The molecule has 0 aromatic carbocycles. The molecule has 0 saturated carbocycles. The Kier molecular flexibility index (Phi) is 5.09. The van der Waals surface area contributed by atoms with Crippen LogP contribution in [-0.4, -0.2) is 24.7 Å². The van der Waals surface area contributed by atoms with Gasteiger partial charge in [-0.05, 0) is 32.2 Å². The van der Waals surface area contributed by atoms with Crippen molar-refractivity contribution in [1.29, 1.82) is 0 Å². The molecule has 88 valence electrons. The van der Waals surface area contributed by atoms with Crippen LogP contribution < -0.4 is 5.32 Å². The van der Waals surface area contributed by atoms with E-state index in [1.54, 1.807) is 0 Å². The molecule has 0 aromatic rings. The van der Waals surface area contributed by atoms with Gasteiger partial charge in [0.2, 0.25) is 0 Å². The quantitative estimate of drug-likeness (QED) is 0.543. The van der Waals surface area contributed by atoms with Crippen molar-refractivity contribution in [2.75, 3.05) is 13.2 Å². The number of carbonyl (C=O) groups excluding carboxylic acids is 1. The minimum Gasteiger partial charge on any atom is -0.464 e. The SMILES string of the molecule is CCCCOC(=O)C1(CCC)CCCN1. The van der Waals surface area contributed by atoms with Crippen LogP contribution in [0, 0.1) is 0 Å². The first-order chi connectivity index (χ1) is 7.25. The third-order valence-corrected chi connectivity index (χ3v) is 3.04. The Bertz CT molecular complexity index is 198. The van der Waals surface area contributed by atoms with Gasteiger partial charge in [0.15, 0.2) is 0 Å². The average Bonchev–Trinajstić information content (AvgIpc) is 2.68. The van der Waals surface area contributed by atoms with E-state index < -0.39 is 0 Å². The maximum atomic E-state index is 11.9. The van der Waals surface area contributed by atoms with Crippen molar-refractivity contribution in [2.24, 2.45) is 0 Å². The summed E-state index contributed by atoms with van der Waals surface area (Å²) in [6, 6.07) is 0. The standard InChI is InChI=1S/C12H23NO2/c1-3-5-10-15-11(14)12(7-4-2)8-6-9-13-12/h13H,3-10H2,1-2H3. The number of hydrogen-bond donors (Lipinski definition) is 1. The predicted molar refractivity (Wildman–Crippen MR) is 60.7 cm³/mol. The molecule has 0 aromatic heterocycles. The lowest BCUT2D eigenvalue weighted by atomic mass is 9.92. The van der Waals surface area contributed by atoms with E-state index in [-0.39, 0.29) is 11.5 Å². The fourth-order valence-corrected chi connectivity index (χ4v) is 2.17. The van der Waals surface area contributed by atoms with E-state index in [0.717, 1.165) is 45.1 Å². The second kappa shape index (κ2) is 6.11. The van der Waals surface area contributed by atoms with Crippen molar-refractivity contribution < 1.29 is 9.53 Å². The van der Waals surface area contributed by atoms with Gasteiger partial charge in [0.1, 0.15) is 5.54 Å². The lowest BCUT2D eigenvalue weighted by Crippen LogP contribution is -2.48. The summed E-state index contributed by atoms with van der Waals surface area (Å²) >= 11 is 0. The molecular weight excluding hydrogens is 190 g/mol. The van der Waals surface area contributed by atoms with Crippen molar-refractivity contribution in [3.8, 4) is 0 Å². The number of rotatable bonds is 6. The summed E-state index contributed by atoms with van der Waals surface area (Å²) in [6.45, 7) is 5.73. The van der Waals surface area contributed by atoms with Crippen LogP contribution in [0.15, 0.2) is 0 Å². The molecule has 15 heavy (non-hydrogen) atoms. The molecule has 1 saturated heterocycles. The molecule has 0 aliphatic carbocycles. The number of unbranched alkanes of at least 4 members (excludes halogenated alkanes) is 1. The zero-order valence-corrected chi connectivity index (χ0v) is 9.97. The minimum atomic E-state index is -0.359. The topological polar surface area (TPSA) is 38.3 Å². The highest BCUT2D eigenvalue weighted by Crippen LogP contribution is 2.26. The zero-order chi connectivity index (χ0) is 11.1. The smallest absolute Gasteiger partial charge is 0.326 e. The van der Waals surface area contributed by atoms with Crippen molar-refractivity contribution in [2.45, 2.75) is 57.9 Å². The number of hydrogen-bond acceptors (Lipinski definition) is 3. The van der Waals surface area contributed by atoms with Crippen LogP contribution in [0.5, 0.6) is 0 Å². The minimum absolute atomic E-state index is 0.0321. The van der Waals surface area contributed by atoms with Crippen LogP contribution in [-0.2, 0) is 9.53 Å². The first-order valence-electron chi connectivity index (χ1n) is 6.17. The molecule has 1 atom stereocenters. The van der Waals surface area contributed by atoms with Crippen molar-refractivity contribution in [1.82, 2.24) is 5.32 Å². The van der Waals surface area contributed by atoms with Gasteiger partial charge < -0.3 is 10.1 Å². The van der Waals surface area contributed by atoms with Gasteiger partial charge in [-0.15, -0.1) is 0 Å². The van der Waals surface area contributed by atoms with Gasteiger partial charge in [0.25, 0.3) is 0 Å². The van der Waals surface area contributed by atoms with E-state index in [2.05, 4.69) is 19.2 Å². The Morgan fingerprint density at radius 1 is 1.40 bits per heavy atom. The Morgan fingerprint density at radius 2 is 2.20 bits per heavy atom. The van der Waals surface area contributed by atoms with Gasteiger partial charge in [-0.2, -0.15) is 0 Å². The number of carbonyl (C=O) groups is 1. The summed E-state index contributed by atoms with van der Waals surface area (Å²) in [4.78, 5) is 11.9. The molecule has 0 amide bonds. The summed E-state index contributed by atoms with van der Waals surface area (Å²) in [7, 11) is 0. The van der Waals surface area contributed by atoms with Crippen LogP contribution in [0.4, 0.5) is 0 Å². The summed E-state index contributed by atoms with van der Waals surface area (Å²) in [5.74, 6) is -0.0321. The van der Waals surface area contributed by atoms with E-state index in [9.17, 15) is 4.79 Å². The third kappa shape index (κ3) is 3.20. The maximum absolute atomic E-state index is 11.9. The Morgan fingerprint density at radius 3 is 2.73 bits per heavy atom. The van der Waals surface area contributed by atoms with Crippen molar-refractivity contribution in [3.63, 3.8) is 0 Å². The van der Waals surface area contributed by atoms with E-state index in [4.69, 9.17) is 4.74 Å².